The predicted molar refractivity (Wildman–Crippen MR) is 45.4 cm³/mol. The molecule has 0 aliphatic heterocycles. The van der Waals surface area contributed by atoms with Gasteiger partial charge in [-0.2, -0.15) is 0 Å². The summed E-state index contributed by atoms with van der Waals surface area (Å²) in [7, 11) is 0. The minimum absolute atomic E-state index is 0.0255. The molecular formula is C6H7Cl2NO2. The molecular weight excluding hydrogens is 189 g/mol. The van der Waals surface area contributed by atoms with Crippen LogP contribution in [0.4, 0.5) is 0 Å². The summed E-state index contributed by atoms with van der Waals surface area (Å²) < 4.78 is 0. The molecule has 0 saturated carbocycles. The third-order valence-electron chi connectivity index (χ3n) is 0.977. The molecule has 0 aromatic heterocycles. The maximum atomic E-state index is 10.1. The molecule has 0 spiro atoms. The Balaban J connectivity index is 4.40. The van der Waals surface area contributed by atoms with Gasteiger partial charge in [-0.1, -0.05) is 11.6 Å². The lowest BCUT2D eigenvalue weighted by molar-refractivity contribution is -0.424. The highest BCUT2D eigenvalue weighted by Gasteiger charge is 2.02. The van der Waals surface area contributed by atoms with E-state index < -0.39 is 4.92 Å². The molecule has 0 aliphatic rings. The van der Waals surface area contributed by atoms with Crippen molar-refractivity contribution in [3.05, 3.63) is 33.0 Å². The Morgan fingerprint density at radius 2 is 2.27 bits per heavy atom. The Morgan fingerprint density at radius 3 is 2.55 bits per heavy atom. The topological polar surface area (TPSA) is 43.1 Å². The van der Waals surface area contributed by atoms with Crippen LogP contribution >= 0.6 is 23.2 Å². The monoisotopic (exact) mass is 195 g/mol. The Hall–Kier alpha value is -0.540. The minimum Gasteiger partial charge on any atom is -0.259 e. The Bertz CT molecular complexity index is 211. The molecule has 0 radical (unpaired) electrons. The van der Waals surface area contributed by atoms with Gasteiger partial charge in [0.1, 0.15) is 0 Å². The fraction of sp³-hybridized carbons (Fsp3) is 0.333. The normalized spacial score (nSPS) is 13.4. The van der Waals surface area contributed by atoms with Gasteiger partial charge in [-0.05, 0) is 5.57 Å². The molecule has 0 rings (SSSR count). The largest absolute Gasteiger partial charge is 0.259 e. The number of halogens is 2. The van der Waals surface area contributed by atoms with E-state index in [0.29, 0.717) is 5.57 Å². The Morgan fingerprint density at radius 1 is 1.73 bits per heavy atom. The fourth-order valence-corrected chi connectivity index (χ4v) is 0.794. The molecule has 0 aromatic rings. The average molecular weight is 196 g/mol. The minimum atomic E-state index is -0.493. The van der Waals surface area contributed by atoms with Crippen LogP contribution in [0.25, 0.3) is 0 Å². The summed E-state index contributed by atoms with van der Waals surface area (Å²) in [5.74, 6) is 0.175. The van der Waals surface area contributed by atoms with Crippen molar-refractivity contribution in [3.8, 4) is 0 Å². The van der Waals surface area contributed by atoms with Gasteiger partial charge in [0, 0.05) is 24.4 Å². The first-order chi connectivity index (χ1) is 5.11. The maximum absolute atomic E-state index is 10.1. The van der Waals surface area contributed by atoms with Crippen LogP contribution in [0.1, 0.15) is 6.92 Å². The second-order valence-corrected chi connectivity index (χ2v) is 2.35. The van der Waals surface area contributed by atoms with E-state index >= 15 is 0 Å². The van der Waals surface area contributed by atoms with Gasteiger partial charge in [0.2, 0.25) is 5.70 Å². The fourth-order valence-electron chi connectivity index (χ4n) is 0.420. The Labute approximate surface area is 74.4 Å². The number of nitrogens with zero attached hydrogens (tertiary/aromatic N) is 1. The van der Waals surface area contributed by atoms with Crippen LogP contribution in [-0.4, -0.2) is 10.8 Å². The maximum Gasteiger partial charge on any atom is 0.243 e. The second-order valence-electron chi connectivity index (χ2n) is 1.86. The van der Waals surface area contributed by atoms with E-state index in [2.05, 4.69) is 0 Å². The van der Waals surface area contributed by atoms with Crippen LogP contribution in [0.3, 0.4) is 0 Å². The van der Waals surface area contributed by atoms with Crippen molar-refractivity contribution in [2.75, 3.05) is 5.88 Å². The number of hydrogen-bond donors (Lipinski definition) is 0. The highest BCUT2D eigenvalue weighted by Crippen LogP contribution is 2.06. The molecule has 0 amide bonds. The molecule has 0 heterocycles. The van der Waals surface area contributed by atoms with Gasteiger partial charge < -0.3 is 0 Å². The lowest BCUT2D eigenvalue weighted by Crippen LogP contribution is -1.94. The lowest BCUT2D eigenvalue weighted by atomic mass is 10.3. The smallest absolute Gasteiger partial charge is 0.243 e. The van der Waals surface area contributed by atoms with E-state index in [9.17, 15) is 10.1 Å². The number of alkyl halides is 1. The third kappa shape index (κ3) is 4.01. The second kappa shape index (κ2) is 5.16. The SMILES string of the molecule is C/C(=C\C(=C/Cl)CCl)[N+](=O)[O-]. The quantitative estimate of drug-likeness (QED) is 0.301. The summed E-state index contributed by atoms with van der Waals surface area (Å²) in [6.45, 7) is 1.38. The van der Waals surface area contributed by atoms with Crippen molar-refractivity contribution >= 4 is 23.2 Å². The average Bonchev–Trinajstić information content (AvgIpc) is 1.99. The summed E-state index contributed by atoms with van der Waals surface area (Å²) in [5, 5.41) is 10.1. The zero-order chi connectivity index (χ0) is 8.85. The molecule has 11 heavy (non-hydrogen) atoms. The first-order valence-corrected chi connectivity index (χ1v) is 3.76. The molecule has 3 nitrogen and oxygen atoms in total. The number of rotatable bonds is 3. The van der Waals surface area contributed by atoms with Crippen LogP contribution in [0.5, 0.6) is 0 Å². The summed E-state index contributed by atoms with van der Waals surface area (Å²) in [4.78, 5) is 9.60. The summed E-state index contributed by atoms with van der Waals surface area (Å²) in [6, 6.07) is 0. The van der Waals surface area contributed by atoms with E-state index in [4.69, 9.17) is 23.2 Å². The van der Waals surface area contributed by atoms with Crippen LogP contribution < -0.4 is 0 Å². The van der Waals surface area contributed by atoms with Crippen molar-refractivity contribution in [3.63, 3.8) is 0 Å². The number of allylic oxidation sites excluding steroid dienone is 3. The summed E-state index contributed by atoms with van der Waals surface area (Å²) in [6.07, 6.45) is 1.33. The van der Waals surface area contributed by atoms with E-state index in [0.717, 1.165) is 0 Å². The molecule has 62 valence electrons. The first-order valence-electron chi connectivity index (χ1n) is 2.79. The predicted octanol–water partition coefficient (Wildman–Crippen LogP) is 2.53. The molecule has 0 aromatic carbocycles. The zero-order valence-electron chi connectivity index (χ0n) is 5.88. The standard InChI is InChI=1S/C6H7Cl2NO2/c1-5(9(10)11)2-6(3-7)4-8/h2-3H,4H2,1H3/b5-2+,6-3+. The van der Waals surface area contributed by atoms with Crippen LogP contribution in [-0.2, 0) is 0 Å². The van der Waals surface area contributed by atoms with Gasteiger partial charge in [0.15, 0.2) is 0 Å². The van der Waals surface area contributed by atoms with Gasteiger partial charge in [-0.3, -0.25) is 10.1 Å². The molecule has 0 atom stereocenters. The molecule has 0 bridgehead atoms. The van der Waals surface area contributed by atoms with Crippen LogP contribution in [0.15, 0.2) is 22.9 Å². The summed E-state index contributed by atoms with van der Waals surface area (Å²) in [5.41, 5.74) is 1.78. The van der Waals surface area contributed by atoms with Crippen molar-refractivity contribution in [2.45, 2.75) is 6.92 Å². The third-order valence-corrected chi connectivity index (χ3v) is 1.57. The van der Waals surface area contributed by atoms with E-state index in [1.807, 2.05) is 0 Å². The van der Waals surface area contributed by atoms with Crippen LogP contribution in [0.2, 0.25) is 0 Å². The van der Waals surface area contributed by atoms with Gasteiger partial charge in [0.05, 0.1) is 4.92 Å². The summed E-state index contributed by atoms with van der Waals surface area (Å²) >= 11 is 10.7. The number of nitro groups is 1. The Kier molecular flexibility index (Phi) is 4.90. The first kappa shape index (κ1) is 10.5. The van der Waals surface area contributed by atoms with E-state index in [1.165, 1.54) is 18.5 Å². The zero-order valence-corrected chi connectivity index (χ0v) is 7.39. The van der Waals surface area contributed by atoms with E-state index in [1.54, 1.807) is 0 Å². The van der Waals surface area contributed by atoms with Gasteiger partial charge in [-0.15, -0.1) is 11.6 Å². The highest BCUT2D eigenvalue weighted by atomic mass is 35.5. The molecule has 0 unspecified atom stereocenters. The molecule has 5 heteroatoms. The highest BCUT2D eigenvalue weighted by molar-refractivity contribution is 6.27. The van der Waals surface area contributed by atoms with Crippen molar-refractivity contribution < 1.29 is 4.92 Å². The lowest BCUT2D eigenvalue weighted by Gasteiger charge is -1.91. The molecule has 0 aliphatic carbocycles. The molecule has 0 saturated heterocycles. The molecule has 0 N–H and O–H groups in total. The van der Waals surface area contributed by atoms with Crippen molar-refractivity contribution in [2.24, 2.45) is 0 Å². The molecule has 0 fully saturated rings. The van der Waals surface area contributed by atoms with Gasteiger partial charge in [0.25, 0.3) is 0 Å². The van der Waals surface area contributed by atoms with E-state index in [-0.39, 0.29) is 11.6 Å². The van der Waals surface area contributed by atoms with Crippen LogP contribution in [0, 0.1) is 10.1 Å². The van der Waals surface area contributed by atoms with Gasteiger partial charge >= 0.3 is 0 Å². The van der Waals surface area contributed by atoms with Crippen molar-refractivity contribution in [1.82, 2.24) is 0 Å². The van der Waals surface area contributed by atoms with Crippen molar-refractivity contribution in [1.29, 1.82) is 0 Å². The number of hydrogen-bond acceptors (Lipinski definition) is 2. The van der Waals surface area contributed by atoms with Gasteiger partial charge in [-0.25, -0.2) is 0 Å².